The van der Waals surface area contributed by atoms with E-state index >= 15 is 0 Å². The van der Waals surface area contributed by atoms with Crippen LogP contribution in [-0.2, 0) is 11.3 Å². The number of hydrogen-bond donors (Lipinski definition) is 2. The highest BCUT2D eigenvalue weighted by atomic mass is 16.1. The molecule has 1 aromatic rings. The molecule has 20 heavy (non-hydrogen) atoms. The second-order valence-electron chi connectivity index (χ2n) is 5.96. The third-order valence-electron chi connectivity index (χ3n) is 3.76. The average molecular weight is 275 g/mol. The Morgan fingerprint density at radius 1 is 1.40 bits per heavy atom. The second-order valence-corrected chi connectivity index (χ2v) is 5.96. The van der Waals surface area contributed by atoms with Gasteiger partial charge in [0.25, 0.3) is 0 Å². The van der Waals surface area contributed by atoms with Crippen LogP contribution < -0.4 is 10.6 Å². The fourth-order valence-electron chi connectivity index (χ4n) is 2.73. The molecule has 1 amide bonds. The summed E-state index contributed by atoms with van der Waals surface area (Å²) in [5.74, 6) is 0.281. The molecular formula is C16H25N3O. The number of amides is 1. The zero-order valence-corrected chi connectivity index (χ0v) is 12.6. The van der Waals surface area contributed by atoms with E-state index in [1.54, 1.807) is 0 Å². The third kappa shape index (κ3) is 4.05. The first-order valence-electron chi connectivity index (χ1n) is 7.33. The number of nitrogens with zero attached hydrogens (tertiary/aromatic N) is 1. The van der Waals surface area contributed by atoms with Crippen LogP contribution in [0.5, 0.6) is 0 Å². The van der Waals surface area contributed by atoms with Crippen LogP contribution in [0.4, 0.5) is 5.69 Å². The molecule has 1 fully saturated rings. The summed E-state index contributed by atoms with van der Waals surface area (Å²) in [6.07, 6.45) is 1.84. The Balaban J connectivity index is 2.03. The molecule has 2 N–H and O–H groups in total. The van der Waals surface area contributed by atoms with Gasteiger partial charge in [-0.3, -0.25) is 4.79 Å². The minimum absolute atomic E-state index is 0.124. The highest BCUT2D eigenvalue weighted by molar-refractivity contribution is 5.93. The van der Waals surface area contributed by atoms with Gasteiger partial charge in [-0.05, 0) is 52.0 Å². The molecule has 1 aliphatic rings. The molecule has 2 atom stereocenters. The lowest BCUT2D eigenvalue weighted by atomic mass is 9.92. The highest BCUT2D eigenvalue weighted by Gasteiger charge is 2.25. The normalized spacial score (nSPS) is 22.8. The SMILES string of the molecule is CC1CC(C(=O)Nc2ccccc2CN(C)C)CCN1. The predicted octanol–water partition coefficient (Wildman–Crippen LogP) is 2.07. The Hall–Kier alpha value is -1.39. The van der Waals surface area contributed by atoms with E-state index in [0.717, 1.165) is 37.2 Å². The van der Waals surface area contributed by atoms with Crippen LogP contribution in [0.3, 0.4) is 0 Å². The molecule has 1 heterocycles. The lowest BCUT2D eigenvalue weighted by molar-refractivity contribution is -0.120. The average Bonchev–Trinajstić information content (AvgIpc) is 2.40. The first-order valence-corrected chi connectivity index (χ1v) is 7.33. The van der Waals surface area contributed by atoms with Crippen molar-refractivity contribution in [2.75, 3.05) is 26.0 Å². The van der Waals surface area contributed by atoms with Gasteiger partial charge in [0.2, 0.25) is 5.91 Å². The monoisotopic (exact) mass is 275 g/mol. The van der Waals surface area contributed by atoms with Gasteiger partial charge in [-0.2, -0.15) is 0 Å². The van der Waals surface area contributed by atoms with Gasteiger partial charge in [-0.25, -0.2) is 0 Å². The molecule has 0 saturated carbocycles. The van der Waals surface area contributed by atoms with Crippen molar-refractivity contribution in [1.29, 1.82) is 0 Å². The summed E-state index contributed by atoms with van der Waals surface area (Å²) in [5, 5.41) is 6.49. The van der Waals surface area contributed by atoms with Crippen molar-refractivity contribution in [2.24, 2.45) is 5.92 Å². The van der Waals surface area contributed by atoms with E-state index in [9.17, 15) is 4.79 Å². The van der Waals surface area contributed by atoms with Gasteiger partial charge in [0.1, 0.15) is 0 Å². The van der Waals surface area contributed by atoms with Crippen molar-refractivity contribution in [2.45, 2.75) is 32.4 Å². The molecule has 2 unspecified atom stereocenters. The van der Waals surface area contributed by atoms with Crippen molar-refractivity contribution in [3.63, 3.8) is 0 Å². The number of para-hydroxylation sites is 1. The first-order chi connectivity index (χ1) is 9.56. The number of piperidine rings is 1. The van der Waals surface area contributed by atoms with Crippen molar-refractivity contribution in [3.8, 4) is 0 Å². The Morgan fingerprint density at radius 3 is 2.85 bits per heavy atom. The largest absolute Gasteiger partial charge is 0.326 e. The summed E-state index contributed by atoms with van der Waals surface area (Å²) in [6, 6.07) is 8.47. The molecule has 110 valence electrons. The molecular weight excluding hydrogens is 250 g/mol. The van der Waals surface area contributed by atoms with Crippen LogP contribution in [0.1, 0.15) is 25.3 Å². The van der Waals surface area contributed by atoms with Crippen LogP contribution in [0.15, 0.2) is 24.3 Å². The summed E-state index contributed by atoms with van der Waals surface area (Å²) in [6.45, 7) is 3.90. The molecule has 0 bridgehead atoms. The maximum Gasteiger partial charge on any atom is 0.227 e. The van der Waals surface area contributed by atoms with Crippen molar-refractivity contribution in [1.82, 2.24) is 10.2 Å². The predicted molar refractivity (Wildman–Crippen MR) is 82.7 cm³/mol. The maximum absolute atomic E-state index is 12.4. The third-order valence-corrected chi connectivity index (χ3v) is 3.76. The molecule has 1 saturated heterocycles. The van der Waals surface area contributed by atoms with Gasteiger partial charge >= 0.3 is 0 Å². The maximum atomic E-state index is 12.4. The smallest absolute Gasteiger partial charge is 0.227 e. The fraction of sp³-hybridized carbons (Fsp3) is 0.562. The van der Waals surface area contributed by atoms with Crippen LogP contribution >= 0.6 is 0 Å². The number of nitrogens with one attached hydrogen (secondary N) is 2. The Bertz CT molecular complexity index is 459. The van der Waals surface area contributed by atoms with E-state index in [1.165, 1.54) is 0 Å². The summed E-state index contributed by atoms with van der Waals surface area (Å²) >= 11 is 0. The number of carbonyl (C=O) groups is 1. The van der Waals surface area contributed by atoms with Gasteiger partial charge < -0.3 is 15.5 Å². The molecule has 4 heteroatoms. The number of rotatable bonds is 4. The Morgan fingerprint density at radius 2 is 2.15 bits per heavy atom. The lowest BCUT2D eigenvalue weighted by Gasteiger charge is -2.27. The van der Waals surface area contributed by atoms with Crippen molar-refractivity contribution in [3.05, 3.63) is 29.8 Å². The van der Waals surface area contributed by atoms with Gasteiger partial charge in [0.05, 0.1) is 0 Å². The fourth-order valence-corrected chi connectivity index (χ4v) is 2.73. The van der Waals surface area contributed by atoms with Crippen molar-refractivity contribution < 1.29 is 4.79 Å². The zero-order valence-electron chi connectivity index (χ0n) is 12.6. The van der Waals surface area contributed by atoms with Gasteiger partial charge in [-0.15, -0.1) is 0 Å². The van der Waals surface area contributed by atoms with Gasteiger partial charge in [0.15, 0.2) is 0 Å². The van der Waals surface area contributed by atoms with E-state index in [-0.39, 0.29) is 11.8 Å². The summed E-state index contributed by atoms with van der Waals surface area (Å²) in [7, 11) is 4.07. The molecule has 2 rings (SSSR count). The molecule has 0 aliphatic carbocycles. The van der Waals surface area contributed by atoms with Gasteiger partial charge in [0, 0.05) is 24.2 Å². The molecule has 4 nitrogen and oxygen atoms in total. The minimum atomic E-state index is 0.124. The van der Waals surface area contributed by atoms with Crippen LogP contribution in [0.25, 0.3) is 0 Å². The second kappa shape index (κ2) is 6.86. The Labute approximate surface area is 121 Å². The number of benzene rings is 1. The van der Waals surface area contributed by atoms with Crippen molar-refractivity contribution >= 4 is 11.6 Å². The quantitative estimate of drug-likeness (QED) is 0.884. The highest BCUT2D eigenvalue weighted by Crippen LogP contribution is 2.21. The van der Waals surface area contributed by atoms with E-state index in [1.807, 2.05) is 32.3 Å². The number of anilines is 1. The first kappa shape index (κ1) is 15.0. The lowest BCUT2D eigenvalue weighted by Crippen LogP contribution is -2.40. The van der Waals surface area contributed by atoms with Crippen LogP contribution in [0, 0.1) is 5.92 Å². The summed E-state index contributed by atoms with van der Waals surface area (Å²) in [5.41, 5.74) is 2.10. The number of hydrogen-bond acceptors (Lipinski definition) is 3. The summed E-state index contributed by atoms with van der Waals surface area (Å²) < 4.78 is 0. The van der Waals surface area contributed by atoms with Gasteiger partial charge in [-0.1, -0.05) is 18.2 Å². The standard InChI is InChI=1S/C16H25N3O/c1-12-10-13(8-9-17-12)16(20)18-15-7-5-4-6-14(15)11-19(2)3/h4-7,12-13,17H,8-11H2,1-3H3,(H,18,20). The zero-order chi connectivity index (χ0) is 14.5. The summed E-state index contributed by atoms with van der Waals surface area (Å²) in [4.78, 5) is 14.5. The molecule has 1 aliphatic heterocycles. The molecule has 0 aromatic heterocycles. The van der Waals surface area contributed by atoms with E-state index < -0.39 is 0 Å². The van der Waals surface area contributed by atoms with E-state index in [0.29, 0.717) is 6.04 Å². The van der Waals surface area contributed by atoms with E-state index in [4.69, 9.17) is 0 Å². The van der Waals surface area contributed by atoms with Crippen LogP contribution in [-0.4, -0.2) is 37.5 Å². The van der Waals surface area contributed by atoms with E-state index in [2.05, 4.69) is 28.5 Å². The molecule has 1 aromatic carbocycles. The topological polar surface area (TPSA) is 44.4 Å². The number of carbonyl (C=O) groups excluding carboxylic acids is 1. The Kier molecular flexibility index (Phi) is 5.15. The minimum Gasteiger partial charge on any atom is -0.326 e. The molecule has 0 radical (unpaired) electrons. The molecule has 0 spiro atoms. The van der Waals surface area contributed by atoms with Crippen LogP contribution in [0.2, 0.25) is 0 Å².